The molecule has 3 N–H and O–H groups in total. The summed E-state index contributed by atoms with van der Waals surface area (Å²) in [6, 6.07) is 7.31. The smallest absolute Gasteiger partial charge is 0.251 e. The molecule has 1 heterocycles. The molecule has 2 aromatic rings. The van der Waals surface area contributed by atoms with Crippen LogP contribution in [0.4, 0.5) is 0 Å². The Morgan fingerprint density at radius 1 is 1.47 bits per heavy atom. The molecule has 0 aliphatic rings. The first-order valence-electron chi connectivity index (χ1n) is 5.25. The topological polar surface area (TPSA) is 68.0 Å². The van der Waals surface area contributed by atoms with Crippen LogP contribution in [0, 0.1) is 0 Å². The normalized spacial score (nSPS) is 10.2. The molecular formula is C12H13N3OS. The van der Waals surface area contributed by atoms with Crippen molar-refractivity contribution >= 4 is 17.2 Å². The molecule has 0 saturated carbocycles. The number of nitrogens with zero attached hydrogens (tertiary/aromatic N) is 1. The molecule has 0 radical (unpaired) electrons. The van der Waals surface area contributed by atoms with Gasteiger partial charge < -0.3 is 11.1 Å². The molecule has 17 heavy (non-hydrogen) atoms. The van der Waals surface area contributed by atoms with Gasteiger partial charge in [-0.2, -0.15) is 0 Å². The van der Waals surface area contributed by atoms with E-state index in [2.05, 4.69) is 10.3 Å². The fraction of sp³-hybridized carbons (Fsp3) is 0.167. The van der Waals surface area contributed by atoms with Gasteiger partial charge >= 0.3 is 0 Å². The van der Waals surface area contributed by atoms with Crippen LogP contribution in [0.2, 0.25) is 0 Å². The lowest BCUT2D eigenvalue weighted by atomic mass is 10.1. The third-order valence-electron chi connectivity index (χ3n) is 2.31. The second-order valence-corrected chi connectivity index (χ2v) is 4.49. The molecule has 0 unspecified atom stereocenters. The molecule has 0 spiro atoms. The summed E-state index contributed by atoms with van der Waals surface area (Å²) >= 11 is 1.52. The van der Waals surface area contributed by atoms with Gasteiger partial charge in [0.15, 0.2) is 0 Å². The average Bonchev–Trinajstić information content (AvgIpc) is 2.89. The van der Waals surface area contributed by atoms with Crippen LogP contribution in [-0.2, 0) is 13.1 Å². The number of rotatable bonds is 4. The standard InChI is InChI=1S/C12H13N3OS/c13-7-9-2-1-3-10(6-9)12(16)15-8-11-14-4-5-17-11/h1-6H,7-8,13H2,(H,15,16). The van der Waals surface area contributed by atoms with Crippen molar-refractivity contribution in [3.8, 4) is 0 Å². The van der Waals surface area contributed by atoms with Crippen molar-refractivity contribution < 1.29 is 4.79 Å². The van der Waals surface area contributed by atoms with Crippen molar-refractivity contribution in [3.63, 3.8) is 0 Å². The number of carbonyl (C=O) groups excluding carboxylic acids is 1. The van der Waals surface area contributed by atoms with Crippen LogP contribution in [0.25, 0.3) is 0 Å². The summed E-state index contributed by atoms with van der Waals surface area (Å²) in [4.78, 5) is 15.9. The zero-order valence-corrected chi connectivity index (χ0v) is 10.0. The highest BCUT2D eigenvalue weighted by molar-refractivity contribution is 7.09. The maximum absolute atomic E-state index is 11.8. The number of hydrogen-bond acceptors (Lipinski definition) is 4. The van der Waals surface area contributed by atoms with E-state index < -0.39 is 0 Å². The van der Waals surface area contributed by atoms with Gasteiger partial charge in [0.2, 0.25) is 0 Å². The van der Waals surface area contributed by atoms with E-state index in [1.165, 1.54) is 11.3 Å². The highest BCUT2D eigenvalue weighted by atomic mass is 32.1. The fourth-order valence-corrected chi connectivity index (χ4v) is 1.99. The van der Waals surface area contributed by atoms with Gasteiger partial charge in [-0.25, -0.2) is 4.98 Å². The molecular weight excluding hydrogens is 234 g/mol. The molecule has 2 rings (SSSR count). The third kappa shape index (κ3) is 3.12. The maximum Gasteiger partial charge on any atom is 0.251 e. The molecule has 0 saturated heterocycles. The third-order valence-corrected chi connectivity index (χ3v) is 3.09. The van der Waals surface area contributed by atoms with Crippen molar-refractivity contribution in [2.75, 3.05) is 0 Å². The van der Waals surface area contributed by atoms with Gasteiger partial charge in [0, 0.05) is 23.7 Å². The van der Waals surface area contributed by atoms with Gasteiger partial charge in [0.1, 0.15) is 5.01 Å². The van der Waals surface area contributed by atoms with Crippen LogP contribution < -0.4 is 11.1 Å². The second kappa shape index (κ2) is 5.56. The Balaban J connectivity index is 1.99. The molecule has 5 heteroatoms. The second-order valence-electron chi connectivity index (χ2n) is 3.51. The SMILES string of the molecule is NCc1cccc(C(=O)NCc2nccs2)c1. The molecule has 0 aliphatic heterocycles. The quantitative estimate of drug-likeness (QED) is 0.861. The zero-order chi connectivity index (χ0) is 12.1. The lowest BCUT2D eigenvalue weighted by Crippen LogP contribution is -2.22. The van der Waals surface area contributed by atoms with E-state index in [0.29, 0.717) is 18.7 Å². The Morgan fingerprint density at radius 2 is 2.35 bits per heavy atom. The average molecular weight is 247 g/mol. The Labute approximate surface area is 103 Å². The molecule has 88 valence electrons. The zero-order valence-electron chi connectivity index (χ0n) is 9.22. The summed E-state index contributed by atoms with van der Waals surface area (Å²) in [5.74, 6) is -0.101. The number of hydrogen-bond donors (Lipinski definition) is 2. The van der Waals surface area contributed by atoms with E-state index in [1.54, 1.807) is 18.3 Å². The first-order chi connectivity index (χ1) is 8.29. The number of nitrogens with one attached hydrogen (secondary N) is 1. The van der Waals surface area contributed by atoms with Crippen molar-refractivity contribution in [3.05, 3.63) is 52.0 Å². The first-order valence-corrected chi connectivity index (χ1v) is 6.13. The monoisotopic (exact) mass is 247 g/mol. The van der Waals surface area contributed by atoms with Crippen LogP contribution in [0.15, 0.2) is 35.8 Å². The van der Waals surface area contributed by atoms with Gasteiger partial charge in [-0.1, -0.05) is 12.1 Å². The van der Waals surface area contributed by atoms with Crippen molar-refractivity contribution in [1.82, 2.24) is 10.3 Å². The van der Waals surface area contributed by atoms with E-state index in [4.69, 9.17) is 5.73 Å². The van der Waals surface area contributed by atoms with E-state index in [9.17, 15) is 4.79 Å². The predicted molar refractivity (Wildman–Crippen MR) is 67.6 cm³/mol. The minimum atomic E-state index is -0.101. The Kier molecular flexibility index (Phi) is 3.85. The Hall–Kier alpha value is -1.72. The summed E-state index contributed by atoms with van der Waals surface area (Å²) < 4.78 is 0. The number of aromatic nitrogens is 1. The van der Waals surface area contributed by atoms with Gasteiger partial charge in [-0.15, -0.1) is 11.3 Å². The van der Waals surface area contributed by atoms with Crippen LogP contribution in [-0.4, -0.2) is 10.9 Å². The summed E-state index contributed by atoms with van der Waals surface area (Å²) in [6.07, 6.45) is 1.72. The highest BCUT2D eigenvalue weighted by Gasteiger charge is 2.06. The molecule has 0 aliphatic carbocycles. The highest BCUT2D eigenvalue weighted by Crippen LogP contribution is 2.06. The minimum Gasteiger partial charge on any atom is -0.346 e. The van der Waals surface area contributed by atoms with Crippen molar-refractivity contribution in [1.29, 1.82) is 0 Å². The van der Waals surface area contributed by atoms with Gasteiger partial charge in [-0.05, 0) is 17.7 Å². The number of thiazole rings is 1. The van der Waals surface area contributed by atoms with E-state index >= 15 is 0 Å². The van der Waals surface area contributed by atoms with Crippen LogP contribution in [0.5, 0.6) is 0 Å². The summed E-state index contributed by atoms with van der Waals surface area (Å²) in [6.45, 7) is 0.900. The summed E-state index contributed by atoms with van der Waals surface area (Å²) in [5.41, 5.74) is 7.11. The van der Waals surface area contributed by atoms with Gasteiger partial charge in [0.05, 0.1) is 6.54 Å². The number of nitrogens with two attached hydrogens (primary N) is 1. The first kappa shape index (κ1) is 11.8. The van der Waals surface area contributed by atoms with Crippen molar-refractivity contribution in [2.24, 2.45) is 5.73 Å². The lowest BCUT2D eigenvalue weighted by molar-refractivity contribution is 0.0951. The van der Waals surface area contributed by atoms with Crippen LogP contribution >= 0.6 is 11.3 Å². The number of benzene rings is 1. The molecule has 1 amide bonds. The lowest BCUT2D eigenvalue weighted by Gasteiger charge is -2.04. The summed E-state index contributed by atoms with van der Waals surface area (Å²) in [7, 11) is 0. The van der Waals surface area contributed by atoms with E-state index in [1.807, 2.05) is 17.5 Å². The molecule has 0 fully saturated rings. The minimum absolute atomic E-state index is 0.101. The molecule has 4 nitrogen and oxygen atoms in total. The van der Waals surface area contributed by atoms with Gasteiger partial charge in [-0.3, -0.25) is 4.79 Å². The van der Waals surface area contributed by atoms with E-state index in [0.717, 1.165) is 10.6 Å². The van der Waals surface area contributed by atoms with E-state index in [-0.39, 0.29) is 5.91 Å². The van der Waals surface area contributed by atoms with Crippen LogP contribution in [0.3, 0.4) is 0 Å². The molecule has 1 aromatic carbocycles. The fourth-order valence-electron chi connectivity index (χ4n) is 1.44. The van der Waals surface area contributed by atoms with Crippen molar-refractivity contribution in [2.45, 2.75) is 13.1 Å². The molecule has 0 bridgehead atoms. The number of amides is 1. The molecule has 1 aromatic heterocycles. The Morgan fingerprint density at radius 3 is 3.06 bits per heavy atom. The Bertz CT molecular complexity index is 496. The number of carbonyl (C=O) groups is 1. The largest absolute Gasteiger partial charge is 0.346 e. The van der Waals surface area contributed by atoms with Crippen LogP contribution in [0.1, 0.15) is 20.9 Å². The predicted octanol–water partition coefficient (Wildman–Crippen LogP) is 1.53. The summed E-state index contributed by atoms with van der Waals surface area (Å²) in [5, 5.41) is 5.60. The molecule has 0 atom stereocenters. The van der Waals surface area contributed by atoms with Gasteiger partial charge in [0.25, 0.3) is 5.91 Å². The maximum atomic E-state index is 11.8.